The third-order valence-corrected chi connectivity index (χ3v) is 6.87. The average molecular weight is 481 g/mol. The molecule has 0 saturated carbocycles. The van der Waals surface area contributed by atoms with Crippen LogP contribution in [-0.4, -0.2) is 37.3 Å². The highest BCUT2D eigenvalue weighted by molar-refractivity contribution is 8.15. The number of carbonyl (C=O) groups excluding carboxylic acids is 1. The highest BCUT2D eigenvalue weighted by Gasteiger charge is 2.31. The van der Waals surface area contributed by atoms with Crippen molar-refractivity contribution in [2.24, 2.45) is 4.40 Å². The summed E-state index contributed by atoms with van der Waals surface area (Å²) >= 11 is 0.988. The Labute approximate surface area is 184 Å². The van der Waals surface area contributed by atoms with Gasteiger partial charge in [0.15, 0.2) is 5.17 Å². The predicted molar refractivity (Wildman–Crippen MR) is 114 cm³/mol. The van der Waals surface area contributed by atoms with Crippen molar-refractivity contribution in [3.63, 3.8) is 0 Å². The van der Waals surface area contributed by atoms with Crippen LogP contribution in [0.3, 0.4) is 0 Å². The van der Waals surface area contributed by atoms with Gasteiger partial charge in [-0.2, -0.15) is 21.6 Å². The highest BCUT2D eigenvalue weighted by Crippen LogP contribution is 2.38. The molecule has 166 valence electrons. The molecule has 0 radical (unpaired) electrons. The Hall–Kier alpha value is -3.12. The molecule has 2 aromatic carbocycles. The van der Waals surface area contributed by atoms with Gasteiger partial charge in [0.05, 0.1) is 29.0 Å². The number of carbonyl (C=O) groups is 1. The van der Waals surface area contributed by atoms with E-state index < -0.39 is 21.8 Å². The number of methoxy groups -OCH3 is 1. The molecular formula is C20H14F3N3O4S2. The number of nitrogens with zero attached hydrogens (tertiary/aromatic N) is 2. The van der Waals surface area contributed by atoms with Gasteiger partial charge >= 0.3 is 6.18 Å². The fraction of sp³-hybridized carbons (Fsp3) is 0.150. The van der Waals surface area contributed by atoms with E-state index in [-0.39, 0.29) is 27.5 Å². The van der Waals surface area contributed by atoms with Crippen molar-refractivity contribution in [1.82, 2.24) is 10.3 Å². The minimum absolute atomic E-state index is 0.00000470. The molecule has 1 saturated heterocycles. The van der Waals surface area contributed by atoms with E-state index in [2.05, 4.69) is 14.7 Å². The number of halogens is 3. The number of ether oxygens (including phenoxy) is 1. The minimum Gasteiger partial charge on any atom is -0.496 e. The molecule has 1 amide bonds. The molecular weight excluding hydrogens is 467 g/mol. The third-order valence-electron chi connectivity index (χ3n) is 4.61. The number of hydrogen-bond donors (Lipinski definition) is 1. The number of thioether (sulfide) groups is 1. The lowest BCUT2D eigenvalue weighted by Gasteiger charge is -2.14. The van der Waals surface area contributed by atoms with Crippen LogP contribution >= 0.6 is 11.8 Å². The Kier molecular flexibility index (Phi) is 5.59. The molecule has 1 fully saturated rings. The van der Waals surface area contributed by atoms with E-state index in [1.807, 2.05) is 0 Å². The van der Waals surface area contributed by atoms with Gasteiger partial charge in [-0.1, -0.05) is 17.8 Å². The van der Waals surface area contributed by atoms with Crippen LogP contribution < -0.4 is 10.1 Å². The van der Waals surface area contributed by atoms with Crippen molar-refractivity contribution in [3.05, 3.63) is 54.2 Å². The molecule has 3 aromatic rings. The first-order valence-electron chi connectivity index (χ1n) is 9.00. The van der Waals surface area contributed by atoms with Gasteiger partial charge in [-0.15, -0.1) is 4.40 Å². The second kappa shape index (κ2) is 8.10. The van der Waals surface area contributed by atoms with Crippen LogP contribution in [-0.2, 0) is 21.0 Å². The number of fused-ring (bicyclic) bond motifs is 1. The van der Waals surface area contributed by atoms with E-state index in [1.165, 1.54) is 37.6 Å². The largest absolute Gasteiger partial charge is 0.496 e. The van der Waals surface area contributed by atoms with Gasteiger partial charge in [-0.25, -0.2) is 0 Å². The lowest BCUT2D eigenvalue weighted by molar-refractivity contribution is -0.137. The molecule has 1 aliphatic rings. The summed E-state index contributed by atoms with van der Waals surface area (Å²) in [7, 11) is -2.83. The average Bonchev–Trinajstić information content (AvgIpc) is 3.15. The van der Waals surface area contributed by atoms with Crippen LogP contribution in [0.25, 0.3) is 22.0 Å². The fourth-order valence-corrected chi connectivity index (χ4v) is 5.05. The molecule has 0 aliphatic carbocycles. The number of hydrogen-bond acceptors (Lipinski definition) is 6. The van der Waals surface area contributed by atoms with Gasteiger partial charge in [0.1, 0.15) is 5.75 Å². The number of sulfonamides is 1. The number of alkyl halides is 3. The summed E-state index contributed by atoms with van der Waals surface area (Å²) in [6, 6.07) is 8.87. The molecule has 7 nitrogen and oxygen atoms in total. The van der Waals surface area contributed by atoms with E-state index >= 15 is 0 Å². The van der Waals surface area contributed by atoms with E-state index in [9.17, 15) is 26.4 Å². The maximum absolute atomic E-state index is 13.1. The first-order chi connectivity index (χ1) is 15.1. The van der Waals surface area contributed by atoms with Crippen LogP contribution in [0, 0.1) is 0 Å². The van der Waals surface area contributed by atoms with Gasteiger partial charge in [0, 0.05) is 17.1 Å². The monoisotopic (exact) mass is 481 g/mol. The number of amidine groups is 1. The molecule has 4 rings (SSSR count). The summed E-state index contributed by atoms with van der Waals surface area (Å²) in [4.78, 5) is 15.4. The maximum atomic E-state index is 13.1. The Morgan fingerprint density at radius 3 is 2.59 bits per heavy atom. The topological polar surface area (TPSA) is 97.7 Å². The van der Waals surface area contributed by atoms with Gasteiger partial charge in [-0.3, -0.25) is 9.78 Å². The van der Waals surface area contributed by atoms with Crippen LogP contribution in [0.4, 0.5) is 13.2 Å². The maximum Gasteiger partial charge on any atom is 0.416 e. The van der Waals surface area contributed by atoms with Gasteiger partial charge in [0.2, 0.25) is 5.91 Å². The zero-order chi connectivity index (χ0) is 23.1. The van der Waals surface area contributed by atoms with Crippen molar-refractivity contribution in [2.45, 2.75) is 11.1 Å². The Morgan fingerprint density at radius 2 is 1.94 bits per heavy atom. The van der Waals surface area contributed by atoms with E-state index in [0.717, 1.165) is 23.9 Å². The number of rotatable bonds is 4. The smallest absolute Gasteiger partial charge is 0.416 e. The number of nitrogens with one attached hydrogen (secondary N) is 1. The van der Waals surface area contributed by atoms with Gasteiger partial charge in [0.25, 0.3) is 10.0 Å². The summed E-state index contributed by atoms with van der Waals surface area (Å²) in [5, 5.41) is 3.37. The molecule has 0 unspecified atom stereocenters. The minimum atomic E-state index is -4.53. The second-order valence-corrected chi connectivity index (χ2v) is 9.23. The van der Waals surface area contributed by atoms with Gasteiger partial charge < -0.3 is 10.1 Å². The molecule has 0 bridgehead atoms. The molecule has 32 heavy (non-hydrogen) atoms. The van der Waals surface area contributed by atoms with Crippen LogP contribution in [0.5, 0.6) is 5.75 Å². The van der Waals surface area contributed by atoms with Crippen molar-refractivity contribution < 1.29 is 31.1 Å². The molecule has 2 heterocycles. The number of aromatic nitrogens is 1. The van der Waals surface area contributed by atoms with Crippen molar-refractivity contribution in [3.8, 4) is 17.0 Å². The fourth-order valence-electron chi connectivity index (χ4n) is 3.13. The van der Waals surface area contributed by atoms with Crippen molar-refractivity contribution >= 4 is 43.6 Å². The van der Waals surface area contributed by atoms with E-state index in [4.69, 9.17) is 4.74 Å². The Bertz CT molecular complexity index is 1370. The number of benzene rings is 2. The standard InChI is InChI=1S/C20H14F3N3O4S2/c1-30-16-9-12(20(21,22)23)2-4-15(16)18-14-5-3-13(8-11(14)6-7-24-18)32(28,29)26-19-25-17(27)10-31-19/h2-9H,10H2,1H3,(H,25,26,27). The van der Waals surface area contributed by atoms with E-state index in [0.29, 0.717) is 22.0 Å². The summed E-state index contributed by atoms with van der Waals surface area (Å²) in [6.07, 6.45) is -3.11. The van der Waals surface area contributed by atoms with E-state index in [1.54, 1.807) is 6.07 Å². The second-order valence-electron chi connectivity index (χ2n) is 6.66. The number of pyridine rings is 1. The van der Waals surface area contributed by atoms with Crippen LogP contribution in [0.15, 0.2) is 58.0 Å². The van der Waals surface area contributed by atoms with Crippen molar-refractivity contribution in [1.29, 1.82) is 0 Å². The van der Waals surface area contributed by atoms with Crippen LogP contribution in [0.1, 0.15) is 5.56 Å². The summed E-state index contributed by atoms with van der Waals surface area (Å²) in [5.74, 6) is -0.253. The molecule has 12 heteroatoms. The third kappa shape index (κ3) is 4.28. The molecule has 1 aromatic heterocycles. The lowest BCUT2D eigenvalue weighted by Crippen LogP contribution is -2.21. The quantitative estimate of drug-likeness (QED) is 0.608. The first-order valence-corrected chi connectivity index (χ1v) is 11.4. The SMILES string of the molecule is COc1cc(C(F)(F)F)ccc1-c1nccc2cc(S(=O)(=O)/N=C3/NC(=O)CS3)ccc12. The number of amides is 1. The zero-order valence-corrected chi connectivity index (χ0v) is 17.9. The molecule has 1 N–H and O–H groups in total. The zero-order valence-electron chi connectivity index (χ0n) is 16.3. The molecule has 1 aliphatic heterocycles. The molecule has 0 atom stereocenters. The van der Waals surface area contributed by atoms with Crippen LogP contribution in [0.2, 0.25) is 0 Å². The van der Waals surface area contributed by atoms with Gasteiger partial charge in [-0.05, 0) is 41.8 Å². The summed E-state index contributed by atoms with van der Waals surface area (Å²) < 4.78 is 73.2. The first kappa shape index (κ1) is 22.1. The summed E-state index contributed by atoms with van der Waals surface area (Å²) in [5.41, 5.74) is -0.198. The Balaban J connectivity index is 1.79. The Morgan fingerprint density at radius 1 is 1.16 bits per heavy atom. The predicted octanol–water partition coefficient (Wildman–Crippen LogP) is 3.84. The normalized spacial score (nSPS) is 15.9. The highest BCUT2D eigenvalue weighted by atomic mass is 32.2. The lowest BCUT2D eigenvalue weighted by atomic mass is 10.0. The molecule has 0 spiro atoms. The summed E-state index contributed by atoms with van der Waals surface area (Å²) in [6.45, 7) is 0. The van der Waals surface area contributed by atoms with Crippen molar-refractivity contribution in [2.75, 3.05) is 12.9 Å².